The summed E-state index contributed by atoms with van der Waals surface area (Å²) in [6.45, 7) is 1.62. The average molecular weight is 371 g/mol. The molecule has 3 nitrogen and oxygen atoms in total. The molecule has 2 rings (SSSR count). The van der Waals surface area contributed by atoms with Crippen molar-refractivity contribution >= 4 is 23.2 Å². The number of nitrogens with one attached hydrogen (secondary N) is 1. The summed E-state index contributed by atoms with van der Waals surface area (Å²) >= 11 is 6.00. The molecule has 0 fully saturated rings. The van der Waals surface area contributed by atoms with Crippen molar-refractivity contribution in [3.05, 3.63) is 64.7 Å². The van der Waals surface area contributed by atoms with Gasteiger partial charge >= 0.3 is 6.18 Å². The SMILES string of the molecule is CC(C(=O)Nc1ccccc1Cl)N(C)Cc1ccccc1C(F)(F)F. The van der Waals surface area contributed by atoms with Gasteiger partial charge in [-0.1, -0.05) is 41.9 Å². The lowest BCUT2D eigenvalue weighted by Gasteiger charge is -2.25. The molecule has 7 heteroatoms. The van der Waals surface area contributed by atoms with Crippen LogP contribution in [0, 0.1) is 0 Å². The highest BCUT2D eigenvalue weighted by molar-refractivity contribution is 6.33. The molecule has 1 atom stereocenters. The maximum Gasteiger partial charge on any atom is 0.416 e. The van der Waals surface area contributed by atoms with Gasteiger partial charge in [0.05, 0.1) is 22.3 Å². The summed E-state index contributed by atoms with van der Waals surface area (Å²) in [5.74, 6) is -0.347. The lowest BCUT2D eigenvalue weighted by Crippen LogP contribution is -2.39. The zero-order valence-corrected chi connectivity index (χ0v) is 14.5. The third kappa shape index (κ3) is 4.96. The smallest absolute Gasteiger partial charge is 0.323 e. The number of carbonyl (C=O) groups excluding carboxylic acids is 1. The predicted octanol–water partition coefficient (Wildman–Crippen LogP) is 4.82. The predicted molar refractivity (Wildman–Crippen MR) is 92.5 cm³/mol. The van der Waals surface area contributed by atoms with Crippen LogP contribution in [0.25, 0.3) is 0 Å². The first-order valence-corrected chi connectivity index (χ1v) is 7.98. The number of alkyl halides is 3. The van der Waals surface area contributed by atoms with E-state index in [0.717, 1.165) is 6.07 Å². The van der Waals surface area contributed by atoms with Gasteiger partial charge in [0.25, 0.3) is 0 Å². The third-order valence-corrected chi connectivity index (χ3v) is 4.24. The topological polar surface area (TPSA) is 32.3 Å². The van der Waals surface area contributed by atoms with E-state index < -0.39 is 17.8 Å². The van der Waals surface area contributed by atoms with E-state index in [1.54, 1.807) is 49.2 Å². The van der Waals surface area contributed by atoms with Crippen LogP contribution in [0.4, 0.5) is 18.9 Å². The average Bonchev–Trinajstić information content (AvgIpc) is 2.55. The summed E-state index contributed by atoms with van der Waals surface area (Å²) in [5.41, 5.74) is -0.111. The fourth-order valence-electron chi connectivity index (χ4n) is 2.34. The molecule has 0 bridgehead atoms. The van der Waals surface area contributed by atoms with Gasteiger partial charge in [-0.3, -0.25) is 9.69 Å². The molecular formula is C18H18ClF3N2O. The summed E-state index contributed by atoms with van der Waals surface area (Å²) in [4.78, 5) is 13.9. The molecular weight excluding hydrogens is 353 g/mol. The lowest BCUT2D eigenvalue weighted by atomic mass is 10.1. The van der Waals surface area contributed by atoms with Gasteiger partial charge in [0.1, 0.15) is 0 Å². The van der Waals surface area contributed by atoms with Crippen molar-refractivity contribution < 1.29 is 18.0 Å². The second-order valence-electron chi connectivity index (χ2n) is 5.72. The third-order valence-electron chi connectivity index (χ3n) is 3.91. The van der Waals surface area contributed by atoms with E-state index in [4.69, 9.17) is 11.6 Å². The Bertz CT molecular complexity index is 749. The van der Waals surface area contributed by atoms with Gasteiger partial charge in [0.15, 0.2) is 0 Å². The van der Waals surface area contributed by atoms with Crippen molar-refractivity contribution in [1.29, 1.82) is 0 Å². The number of hydrogen-bond donors (Lipinski definition) is 1. The van der Waals surface area contributed by atoms with Crippen molar-refractivity contribution in [3.63, 3.8) is 0 Å². The first kappa shape index (κ1) is 19.3. The first-order valence-electron chi connectivity index (χ1n) is 7.61. The van der Waals surface area contributed by atoms with Crippen molar-refractivity contribution in [2.24, 2.45) is 0 Å². The highest BCUT2D eigenvalue weighted by Gasteiger charge is 2.33. The fraction of sp³-hybridized carbons (Fsp3) is 0.278. The Kier molecular flexibility index (Phi) is 6.08. The van der Waals surface area contributed by atoms with Gasteiger partial charge < -0.3 is 5.32 Å². The largest absolute Gasteiger partial charge is 0.416 e. The molecule has 0 saturated heterocycles. The van der Waals surface area contributed by atoms with Crippen LogP contribution in [0.2, 0.25) is 5.02 Å². The number of hydrogen-bond acceptors (Lipinski definition) is 2. The van der Waals surface area contributed by atoms with Crippen molar-refractivity contribution in [2.75, 3.05) is 12.4 Å². The summed E-state index contributed by atoms with van der Waals surface area (Å²) in [6.07, 6.45) is -4.43. The summed E-state index contributed by atoms with van der Waals surface area (Å²) < 4.78 is 39.2. The maximum atomic E-state index is 13.1. The number of para-hydroxylation sites is 1. The molecule has 0 heterocycles. The molecule has 0 aromatic heterocycles. The Morgan fingerprint density at radius 1 is 1.16 bits per heavy atom. The Hall–Kier alpha value is -2.05. The van der Waals surface area contributed by atoms with Gasteiger partial charge in [-0.05, 0) is 37.7 Å². The number of anilines is 1. The van der Waals surface area contributed by atoms with Crippen LogP contribution in [0.15, 0.2) is 48.5 Å². The van der Waals surface area contributed by atoms with E-state index in [9.17, 15) is 18.0 Å². The molecule has 0 aliphatic heterocycles. The van der Waals surface area contributed by atoms with Crippen molar-refractivity contribution in [2.45, 2.75) is 25.7 Å². The first-order chi connectivity index (χ1) is 11.7. The molecule has 2 aromatic carbocycles. The second-order valence-corrected chi connectivity index (χ2v) is 6.12. The van der Waals surface area contributed by atoms with Gasteiger partial charge in [-0.2, -0.15) is 13.2 Å². The minimum Gasteiger partial charge on any atom is -0.323 e. The highest BCUT2D eigenvalue weighted by Crippen LogP contribution is 2.32. The number of rotatable bonds is 5. The van der Waals surface area contributed by atoms with Crippen molar-refractivity contribution in [1.82, 2.24) is 4.90 Å². The maximum absolute atomic E-state index is 13.1. The highest BCUT2D eigenvalue weighted by atomic mass is 35.5. The van der Waals surface area contributed by atoms with Gasteiger partial charge in [0.2, 0.25) is 5.91 Å². The molecule has 0 spiro atoms. The number of carbonyl (C=O) groups is 1. The molecule has 0 saturated carbocycles. The van der Waals surface area contributed by atoms with E-state index in [1.807, 2.05) is 0 Å². The van der Waals surface area contributed by atoms with E-state index in [1.165, 1.54) is 12.1 Å². The molecule has 0 aliphatic rings. The fourth-order valence-corrected chi connectivity index (χ4v) is 2.52. The van der Waals surface area contributed by atoms with Crippen LogP contribution >= 0.6 is 11.6 Å². The van der Waals surface area contributed by atoms with Crippen LogP contribution in [0.5, 0.6) is 0 Å². The minimum atomic E-state index is -4.43. The second kappa shape index (κ2) is 7.89. The number of halogens is 4. The molecule has 2 aromatic rings. The Morgan fingerprint density at radius 3 is 2.40 bits per heavy atom. The van der Waals surface area contributed by atoms with Gasteiger partial charge in [-0.25, -0.2) is 0 Å². The van der Waals surface area contributed by atoms with Crippen LogP contribution in [-0.2, 0) is 17.5 Å². The van der Waals surface area contributed by atoms with Crippen LogP contribution < -0.4 is 5.32 Å². The summed E-state index contributed by atoms with van der Waals surface area (Å²) in [6, 6.07) is 11.5. The van der Waals surface area contributed by atoms with Crippen molar-refractivity contribution in [3.8, 4) is 0 Å². The Balaban J connectivity index is 2.09. The summed E-state index contributed by atoms with van der Waals surface area (Å²) in [5, 5.41) is 3.08. The molecule has 25 heavy (non-hydrogen) atoms. The number of benzene rings is 2. The zero-order valence-electron chi connectivity index (χ0n) is 13.8. The normalized spacial score (nSPS) is 12.9. The van der Waals surface area contributed by atoms with E-state index in [0.29, 0.717) is 10.7 Å². The van der Waals surface area contributed by atoms with Gasteiger partial charge in [0, 0.05) is 6.54 Å². The Labute approximate surface area is 149 Å². The van der Waals surface area contributed by atoms with Crippen LogP contribution in [0.3, 0.4) is 0 Å². The number of nitrogens with zero attached hydrogens (tertiary/aromatic N) is 1. The van der Waals surface area contributed by atoms with E-state index in [-0.39, 0.29) is 18.0 Å². The molecule has 0 radical (unpaired) electrons. The standard InChI is InChI=1S/C18H18ClF3N2O/c1-12(17(25)23-16-10-6-5-9-15(16)19)24(2)11-13-7-3-4-8-14(13)18(20,21)22/h3-10,12H,11H2,1-2H3,(H,23,25). The van der Waals surface area contributed by atoms with Crippen LogP contribution in [-0.4, -0.2) is 23.9 Å². The Morgan fingerprint density at radius 2 is 1.76 bits per heavy atom. The molecule has 134 valence electrons. The number of likely N-dealkylation sites (N-methyl/N-ethyl adjacent to an activating group) is 1. The minimum absolute atomic E-state index is 0.00715. The monoisotopic (exact) mass is 370 g/mol. The molecule has 1 unspecified atom stereocenters. The van der Waals surface area contributed by atoms with E-state index >= 15 is 0 Å². The lowest BCUT2D eigenvalue weighted by molar-refractivity contribution is -0.138. The number of amides is 1. The van der Waals surface area contributed by atoms with Gasteiger partial charge in [-0.15, -0.1) is 0 Å². The molecule has 1 N–H and O–H groups in total. The quantitative estimate of drug-likeness (QED) is 0.818. The molecule has 0 aliphatic carbocycles. The molecule has 1 amide bonds. The summed E-state index contributed by atoms with van der Waals surface area (Å²) in [7, 11) is 1.60. The zero-order chi connectivity index (χ0) is 18.6. The van der Waals surface area contributed by atoms with E-state index in [2.05, 4.69) is 5.32 Å². The van der Waals surface area contributed by atoms with Crippen LogP contribution in [0.1, 0.15) is 18.1 Å².